The largest absolute Gasteiger partial charge is 0.496 e. The topological polar surface area (TPSA) is 9.23 Å². The maximum atomic E-state index is 12.5. The van der Waals surface area contributed by atoms with E-state index in [4.69, 9.17) is 16.3 Å². The van der Waals surface area contributed by atoms with Crippen LogP contribution in [0.15, 0.2) is 42.5 Å². The molecule has 0 bridgehead atoms. The molecule has 0 amide bonds. The quantitative estimate of drug-likeness (QED) is 0.694. The predicted octanol–water partition coefficient (Wildman–Crippen LogP) is 5.35. The first-order valence-electron chi connectivity index (χ1n) is 6.28. The summed E-state index contributed by atoms with van der Waals surface area (Å²) in [6.45, 7) is 1.89. The van der Waals surface area contributed by atoms with Gasteiger partial charge in [0.2, 0.25) is 0 Å². The molecule has 0 radical (unpaired) electrons. The van der Waals surface area contributed by atoms with E-state index in [1.807, 2.05) is 13.0 Å². The number of methoxy groups -OCH3 is 1. The molecule has 5 heteroatoms. The maximum absolute atomic E-state index is 12.5. The van der Waals surface area contributed by atoms with Crippen molar-refractivity contribution in [2.45, 2.75) is 18.5 Å². The first kappa shape index (κ1) is 15.7. The van der Waals surface area contributed by atoms with Crippen LogP contribution in [0.4, 0.5) is 13.2 Å². The van der Waals surface area contributed by atoms with Crippen molar-refractivity contribution in [1.82, 2.24) is 0 Å². The number of alkyl halides is 4. The molecular weight excluding hydrogens is 301 g/mol. The van der Waals surface area contributed by atoms with Crippen LogP contribution in [0.3, 0.4) is 0 Å². The highest BCUT2D eigenvalue weighted by Crippen LogP contribution is 2.34. The molecule has 0 aliphatic heterocycles. The van der Waals surface area contributed by atoms with Gasteiger partial charge in [0.1, 0.15) is 5.75 Å². The van der Waals surface area contributed by atoms with Gasteiger partial charge in [0.15, 0.2) is 0 Å². The van der Waals surface area contributed by atoms with Crippen molar-refractivity contribution < 1.29 is 17.9 Å². The molecule has 2 aromatic carbocycles. The molecule has 21 heavy (non-hydrogen) atoms. The van der Waals surface area contributed by atoms with Crippen LogP contribution < -0.4 is 4.74 Å². The summed E-state index contributed by atoms with van der Waals surface area (Å²) in [5.41, 5.74) is 1.68. The zero-order valence-electron chi connectivity index (χ0n) is 11.5. The minimum Gasteiger partial charge on any atom is -0.496 e. The maximum Gasteiger partial charge on any atom is 0.416 e. The number of hydrogen-bond acceptors (Lipinski definition) is 1. The molecule has 112 valence electrons. The van der Waals surface area contributed by atoms with Gasteiger partial charge >= 0.3 is 6.18 Å². The Balaban J connectivity index is 2.27. The summed E-state index contributed by atoms with van der Waals surface area (Å²) >= 11 is 6.34. The Morgan fingerprint density at radius 2 is 1.57 bits per heavy atom. The van der Waals surface area contributed by atoms with E-state index in [2.05, 4.69) is 0 Å². The minimum absolute atomic E-state index is 0.503. The van der Waals surface area contributed by atoms with Crippen LogP contribution in [0, 0.1) is 6.92 Å². The van der Waals surface area contributed by atoms with Gasteiger partial charge in [0.25, 0.3) is 0 Å². The SMILES string of the molecule is COc1ccc(C(Cl)c2ccc(C(F)(F)F)cc2)cc1C. The highest BCUT2D eigenvalue weighted by Gasteiger charge is 2.30. The summed E-state index contributed by atoms with van der Waals surface area (Å²) in [5.74, 6) is 0.745. The van der Waals surface area contributed by atoms with Gasteiger partial charge in [-0.1, -0.05) is 24.3 Å². The Labute approximate surface area is 126 Å². The van der Waals surface area contributed by atoms with Crippen molar-refractivity contribution in [3.05, 3.63) is 64.7 Å². The lowest BCUT2D eigenvalue weighted by atomic mass is 10.0. The molecule has 0 heterocycles. The molecular formula is C16H14ClF3O. The van der Waals surface area contributed by atoms with Gasteiger partial charge in [-0.15, -0.1) is 11.6 Å². The van der Waals surface area contributed by atoms with Gasteiger partial charge < -0.3 is 4.74 Å². The van der Waals surface area contributed by atoms with E-state index in [0.717, 1.165) is 29.0 Å². The molecule has 2 rings (SSSR count). The van der Waals surface area contributed by atoms with Crippen molar-refractivity contribution in [3.63, 3.8) is 0 Å². The molecule has 0 saturated carbocycles. The van der Waals surface area contributed by atoms with Crippen molar-refractivity contribution in [1.29, 1.82) is 0 Å². The van der Waals surface area contributed by atoms with Crippen molar-refractivity contribution in [2.24, 2.45) is 0 Å². The Kier molecular flexibility index (Phi) is 4.47. The fourth-order valence-electron chi connectivity index (χ4n) is 2.09. The van der Waals surface area contributed by atoms with Crippen LogP contribution in [-0.2, 0) is 6.18 Å². The third-order valence-corrected chi connectivity index (χ3v) is 3.75. The van der Waals surface area contributed by atoms with E-state index < -0.39 is 17.1 Å². The number of halogens is 4. The van der Waals surface area contributed by atoms with Crippen LogP contribution in [0.25, 0.3) is 0 Å². The van der Waals surface area contributed by atoms with E-state index in [0.29, 0.717) is 5.56 Å². The summed E-state index contributed by atoms with van der Waals surface area (Å²) < 4.78 is 42.8. The summed E-state index contributed by atoms with van der Waals surface area (Å²) in [5, 5.41) is -0.503. The second-order valence-corrected chi connectivity index (χ2v) is 5.15. The number of hydrogen-bond donors (Lipinski definition) is 0. The highest BCUT2D eigenvalue weighted by molar-refractivity contribution is 6.22. The van der Waals surface area contributed by atoms with E-state index >= 15 is 0 Å². The lowest BCUT2D eigenvalue weighted by molar-refractivity contribution is -0.137. The monoisotopic (exact) mass is 314 g/mol. The number of aryl methyl sites for hydroxylation is 1. The minimum atomic E-state index is -4.34. The Hall–Kier alpha value is -1.68. The van der Waals surface area contributed by atoms with Crippen LogP contribution in [0.5, 0.6) is 5.75 Å². The molecule has 1 atom stereocenters. The normalized spacial score (nSPS) is 13.0. The number of benzene rings is 2. The van der Waals surface area contributed by atoms with E-state index in [1.54, 1.807) is 19.2 Å². The lowest BCUT2D eigenvalue weighted by Crippen LogP contribution is -2.05. The summed E-state index contributed by atoms with van der Waals surface area (Å²) in [6.07, 6.45) is -4.34. The van der Waals surface area contributed by atoms with Crippen molar-refractivity contribution in [3.8, 4) is 5.75 Å². The van der Waals surface area contributed by atoms with Crippen LogP contribution in [0.2, 0.25) is 0 Å². The van der Waals surface area contributed by atoms with Gasteiger partial charge in [-0.05, 0) is 41.8 Å². The standard InChI is InChI=1S/C16H14ClF3O/c1-10-9-12(5-8-14(10)21-2)15(17)11-3-6-13(7-4-11)16(18,19)20/h3-9,15H,1-2H3. The third kappa shape index (κ3) is 3.50. The molecule has 0 N–H and O–H groups in total. The molecule has 0 fully saturated rings. The lowest BCUT2D eigenvalue weighted by Gasteiger charge is -2.14. The van der Waals surface area contributed by atoms with Crippen LogP contribution in [0.1, 0.15) is 27.6 Å². The van der Waals surface area contributed by atoms with Gasteiger partial charge in [-0.3, -0.25) is 0 Å². The van der Waals surface area contributed by atoms with E-state index in [1.165, 1.54) is 12.1 Å². The molecule has 0 aliphatic carbocycles. The molecule has 0 saturated heterocycles. The Morgan fingerprint density at radius 3 is 2.05 bits per heavy atom. The summed E-state index contributed by atoms with van der Waals surface area (Å²) in [6, 6.07) is 10.4. The number of ether oxygens (including phenoxy) is 1. The second kappa shape index (κ2) is 5.98. The zero-order chi connectivity index (χ0) is 15.6. The van der Waals surface area contributed by atoms with Gasteiger partial charge in [-0.25, -0.2) is 0 Å². The average molecular weight is 315 g/mol. The molecule has 1 unspecified atom stereocenters. The second-order valence-electron chi connectivity index (χ2n) is 4.71. The van der Waals surface area contributed by atoms with Crippen molar-refractivity contribution >= 4 is 11.6 Å². The Bertz CT molecular complexity index is 620. The first-order valence-corrected chi connectivity index (χ1v) is 6.72. The van der Waals surface area contributed by atoms with E-state index in [-0.39, 0.29) is 0 Å². The van der Waals surface area contributed by atoms with E-state index in [9.17, 15) is 13.2 Å². The smallest absolute Gasteiger partial charge is 0.416 e. The van der Waals surface area contributed by atoms with Crippen molar-refractivity contribution in [2.75, 3.05) is 7.11 Å². The summed E-state index contributed by atoms with van der Waals surface area (Å²) in [7, 11) is 1.58. The van der Waals surface area contributed by atoms with Gasteiger partial charge in [0.05, 0.1) is 18.1 Å². The predicted molar refractivity (Wildman–Crippen MR) is 76.9 cm³/mol. The molecule has 0 aliphatic rings. The molecule has 0 aromatic heterocycles. The fourth-order valence-corrected chi connectivity index (χ4v) is 2.37. The molecule has 2 aromatic rings. The molecule has 0 spiro atoms. The zero-order valence-corrected chi connectivity index (χ0v) is 12.3. The van der Waals surface area contributed by atoms with Crippen LogP contribution in [-0.4, -0.2) is 7.11 Å². The fraction of sp³-hybridized carbons (Fsp3) is 0.250. The summed E-state index contributed by atoms with van der Waals surface area (Å²) in [4.78, 5) is 0. The average Bonchev–Trinajstić information content (AvgIpc) is 2.45. The van der Waals surface area contributed by atoms with Gasteiger partial charge in [0, 0.05) is 0 Å². The Morgan fingerprint density at radius 1 is 1.00 bits per heavy atom. The molecule has 1 nitrogen and oxygen atoms in total. The first-order chi connectivity index (χ1) is 9.82. The highest BCUT2D eigenvalue weighted by atomic mass is 35.5. The van der Waals surface area contributed by atoms with Crippen LogP contribution >= 0.6 is 11.6 Å². The third-order valence-electron chi connectivity index (χ3n) is 3.24. The number of rotatable bonds is 3. The van der Waals surface area contributed by atoms with Gasteiger partial charge in [-0.2, -0.15) is 13.2 Å².